The molecule has 0 bridgehead atoms. The Hall–Kier alpha value is -2.87. The molecule has 3 aromatic rings. The Morgan fingerprint density at radius 2 is 1.32 bits per heavy atom. The SMILES string of the molecule is CC/C(=C(\c1ccc(F)cc1)c1ccc(OC)cc1)c1ccccc1. The van der Waals surface area contributed by atoms with E-state index in [0.717, 1.165) is 28.9 Å². The molecule has 1 nitrogen and oxygen atoms in total. The maximum Gasteiger partial charge on any atom is 0.123 e. The van der Waals surface area contributed by atoms with Gasteiger partial charge in [-0.3, -0.25) is 0 Å². The zero-order chi connectivity index (χ0) is 17.6. The van der Waals surface area contributed by atoms with Crippen molar-refractivity contribution in [3.8, 4) is 5.75 Å². The molecule has 3 aromatic carbocycles. The smallest absolute Gasteiger partial charge is 0.123 e. The van der Waals surface area contributed by atoms with Crippen molar-refractivity contribution in [3.63, 3.8) is 0 Å². The largest absolute Gasteiger partial charge is 0.497 e. The summed E-state index contributed by atoms with van der Waals surface area (Å²) in [4.78, 5) is 0. The lowest BCUT2D eigenvalue weighted by atomic mass is 9.88. The Morgan fingerprint density at radius 3 is 1.84 bits per heavy atom. The quantitative estimate of drug-likeness (QED) is 0.505. The first-order valence-electron chi connectivity index (χ1n) is 8.42. The second-order valence-electron chi connectivity index (χ2n) is 5.81. The number of halogens is 1. The van der Waals surface area contributed by atoms with Crippen molar-refractivity contribution in [2.45, 2.75) is 13.3 Å². The highest BCUT2D eigenvalue weighted by Gasteiger charge is 2.13. The van der Waals surface area contributed by atoms with Gasteiger partial charge < -0.3 is 4.74 Å². The van der Waals surface area contributed by atoms with Crippen LogP contribution in [-0.2, 0) is 0 Å². The fraction of sp³-hybridized carbons (Fsp3) is 0.130. The first kappa shape index (κ1) is 17.0. The minimum absolute atomic E-state index is 0.226. The first-order valence-corrected chi connectivity index (χ1v) is 8.42. The van der Waals surface area contributed by atoms with Gasteiger partial charge in [-0.1, -0.05) is 61.5 Å². The molecule has 0 aliphatic carbocycles. The Kier molecular flexibility index (Phi) is 5.30. The number of hydrogen-bond donors (Lipinski definition) is 0. The molecule has 0 fully saturated rings. The molecule has 0 aliphatic heterocycles. The van der Waals surface area contributed by atoms with Crippen LogP contribution in [0.4, 0.5) is 4.39 Å². The van der Waals surface area contributed by atoms with E-state index >= 15 is 0 Å². The normalized spacial score (nSPS) is 11.8. The molecule has 0 saturated carbocycles. The number of benzene rings is 3. The van der Waals surface area contributed by atoms with E-state index in [9.17, 15) is 4.39 Å². The maximum atomic E-state index is 13.4. The second kappa shape index (κ2) is 7.80. The van der Waals surface area contributed by atoms with Crippen molar-refractivity contribution in [2.75, 3.05) is 7.11 Å². The molecule has 0 atom stereocenters. The lowest BCUT2D eigenvalue weighted by Gasteiger charge is -2.16. The van der Waals surface area contributed by atoms with E-state index in [1.54, 1.807) is 7.11 Å². The van der Waals surface area contributed by atoms with Crippen LogP contribution in [-0.4, -0.2) is 7.11 Å². The van der Waals surface area contributed by atoms with Gasteiger partial charge in [-0.2, -0.15) is 0 Å². The van der Waals surface area contributed by atoms with Gasteiger partial charge in [-0.05, 0) is 58.5 Å². The van der Waals surface area contributed by atoms with Crippen molar-refractivity contribution in [2.24, 2.45) is 0 Å². The summed E-state index contributed by atoms with van der Waals surface area (Å²) in [5, 5.41) is 0. The third kappa shape index (κ3) is 3.80. The number of methoxy groups -OCH3 is 1. The van der Waals surface area contributed by atoms with Crippen LogP contribution >= 0.6 is 0 Å². The monoisotopic (exact) mass is 332 g/mol. The molecule has 0 saturated heterocycles. The van der Waals surface area contributed by atoms with Crippen LogP contribution < -0.4 is 4.74 Å². The second-order valence-corrected chi connectivity index (χ2v) is 5.81. The molecule has 0 spiro atoms. The summed E-state index contributed by atoms with van der Waals surface area (Å²) in [7, 11) is 1.66. The molecule has 0 heterocycles. The number of rotatable bonds is 5. The van der Waals surface area contributed by atoms with Gasteiger partial charge in [0.25, 0.3) is 0 Å². The van der Waals surface area contributed by atoms with E-state index in [1.165, 1.54) is 23.3 Å². The van der Waals surface area contributed by atoms with Gasteiger partial charge in [-0.15, -0.1) is 0 Å². The Balaban J connectivity index is 2.23. The van der Waals surface area contributed by atoms with Gasteiger partial charge in [-0.25, -0.2) is 4.39 Å². The van der Waals surface area contributed by atoms with Crippen molar-refractivity contribution < 1.29 is 9.13 Å². The highest BCUT2D eigenvalue weighted by atomic mass is 19.1. The van der Waals surface area contributed by atoms with Gasteiger partial charge in [0.1, 0.15) is 11.6 Å². The van der Waals surface area contributed by atoms with Crippen molar-refractivity contribution >= 4 is 11.1 Å². The van der Waals surface area contributed by atoms with Crippen molar-refractivity contribution in [1.82, 2.24) is 0 Å². The van der Waals surface area contributed by atoms with Crippen LogP contribution in [0.25, 0.3) is 11.1 Å². The van der Waals surface area contributed by atoms with E-state index in [4.69, 9.17) is 4.74 Å². The summed E-state index contributed by atoms with van der Waals surface area (Å²) in [6.45, 7) is 2.15. The van der Waals surface area contributed by atoms with Gasteiger partial charge in [0.15, 0.2) is 0 Å². The molecule has 0 unspecified atom stereocenters. The molecule has 0 amide bonds. The third-order valence-corrected chi connectivity index (χ3v) is 4.29. The Bertz CT molecular complexity index is 847. The summed E-state index contributed by atoms with van der Waals surface area (Å²) in [5.74, 6) is 0.593. The van der Waals surface area contributed by atoms with E-state index in [0.29, 0.717) is 0 Å². The van der Waals surface area contributed by atoms with E-state index in [-0.39, 0.29) is 5.82 Å². The number of ether oxygens (including phenoxy) is 1. The fourth-order valence-corrected chi connectivity index (χ4v) is 3.05. The van der Waals surface area contributed by atoms with Crippen molar-refractivity contribution in [3.05, 3.63) is 101 Å². The summed E-state index contributed by atoms with van der Waals surface area (Å²) in [5.41, 5.74) is 5.63. The lowest BCUT2D eigenvalue weighted by Crippen LogP contribution is -1.95. The molecule has 0 aliphatic rings. The standard InChI is InChI=1S/C23H21FO/c1-3-22(17-7-5-4-6-8-17)23(18-9-13-20(24)14-10-18)19-11-15-21(25-2)16-12-19/h4-16H,3H2,1-2H3/b23-22-. The van der Waals surface area contributed by atoms with E-state index < -0.39 is 0 Å². The molecule has 3 rings (SSSR count). The van der Waals surface area contributed by atoms with Crippen LogP contribution in [0.3, 0.4) is 0 Å². The topological polar surface area (TPSA) is 9.23 Å². The zero-order valence-electron chi connectivity index (χ0n) is 14.5. The highest BCUT2D eigenvalue weighted by Crippen LogP contribution is 2.35. The van der Waals surface area contributed by atoms with E-state index in [1.807, 2.05) is 42.5 Å². The molecule has 126 valence electrons. The van der Waals surface area contributed by atoms with Crippen molar-refractivity contribution in [1.29, 1.82) is 0 Å². The molecule has 2 heteroatoms. The Morgan fingerprint density at radius 1 is 0.760 bits per heavy atom. The molecule has 0 aromatic heterocycles. The lowest BCUT2D eigenvalue weighted by molar-refractivity contribution is 0.415. The van der Waals surface area contributed by atoms with Crippen LogP contribution in [0, 0.1) is 5.82 Å². The summed E-state index contributed by atoms with van der Waals surface area (Å²) in [6, 6.07) is 25.1. The van der Waals surface area contributed by atoms with Gasteiger partial charge in [0.2, 0.25) is 0 Å². The van der Waals surface area contributed by atoms with Gasteiger partial charge in [0.05, 0.1) is 7.11 Å². The zero-order valence-corrected chi connectivity index (χ0v) is 14.5. The molecular formula is C23H21FO. The summed E-state index contributed by atoms with van der Waals surface area (Å²) >= 11 is 0. The van der Waals surface area contributed by atoms with E-state index in [2.05, 4.69) is 31.2 Å². The summed E-state index contributed by atoms with van der Waals surface area (Å²) < 4.78 is 18.7. The minimum Gasteiger partial charge on any atom is -0.497 e. The summed E-state index contributed by atoms with van der Waals surface area (Å²) in [6.07, 6.45) is 0.878. The predicted molar refractivity (Wildman–Crippen MR) is 102 cm³/mol. The van der Waals surface area contributed by atoms with Crippen LogP contribution in [0.2, 0.25) is 0 Å². The fourth-order valence-electron chi connectivity index (χ4n) is 3.05. The maximum absolute atomic E-state index is 13.4. The van der Waals surface area contributed by atoms with Crippen LogP contribution in [0.1, 0.15) is 30.0 Å². The highest BCUT2D eigenvalue weighted by molar-refractivity contribution is 5.98. The third-order valence-electron chi connectivity index (χ3n) is 4.29. The molecule has 0 radical (unpaired) electrons. The molecule has 0 N–H and O–H groups in total. The molecular weight excluding hydrogens is 311 g/mol. The minimum atomic E-state index is -0.226. The average molecular weight is 332 g/mol. The number of allylic oxidation sites excluding steroid dienone is 1. The number of hydrogen-bond acceptors (Lipinski definition) is 1. The Labute approximate surface area is 148 Å². The van der Waals surface area contributed by atoms with Gasteiger partial charge >= 0.3 is 0 Å². The predicted octanol–water partition coefficient (Wildman–Crippen LogP) is 6.20. The van der Waals surface area contributed by atoms with Gasteiger partial charge in [0, 0.05) is 0 Å². The van der Waals surface area contributed by atoms with Crippen LogP contribution in [0.5, 0.6) is 5.75 Å². The first-order chi connectivity index (χ1) is 12.2. The average Bonchev–Trinajstić information content (AvgIpc) is 2.68. The van der Waals surface area contributed by atoms with Crippen LogP contribution in [0.15, 0.2) is 78.9 Å². The molecule has 25 heavy (non-hydrogen) atoms.